The molecule has 3 heteroatoms. The quantitative estimate of drug-likeness (QED) is 0.504. The third kappa shape index (κ3) is 2.22. The maximum atomic E-state index is 4.60. The first kappa shape index (κ1) is 12.2. The minimum atomic E-state index is 1.07. The van der Waals surface area contributed by atoms with E-state index in [0.717, 1.165) is 16.9 Å². The number of hydrogen-bond donors (Lipinski definition) is 0. The zero-order valence-electron chi connectivity index (χ0n) is 11.3. The predicted molar refractivity (Wildman–Crippen MR) is 86.6 cm³/mol. The second-order valence-corrected chi connectivity index (χ2v) is 5.66. The van der Waals surface area contributed by atoms with Gasteiger partial charge in [0.25, 0.3) is 0 Å². The van der Waals surface area contributed by atoms with Gasteiger partial charge in [-0.2, -0.15) is 8.94 Å². The van der Waals surface area contributed by atoms with Crippen LogP contribution in [-0.4, -0.2) is 4.37 Å². The number of hydrogen-bond acceptors (Lipinski definition) is 2. The van der Waals surface area contributed by atoms with Gasteiger partial charge in [0.2, 0.25) is 5.69 Å². The first-order valence-corrected chi connectivity index (χ1v) is 7.61. The fourth-order valence-electron chi connectivity index (χ4n) is 2.45. The topological polar surface area (TPSA) is 16.8 Å². The average Bonchev–Trinajstić information content (AvgIpc) is 3.00. The minimum Gasteiger partial charge on any atom is -0.191 e. The van der Waals surface area contributed by atoms with E-state index in [9.17, 15) is 0 Å². The van der Waals surface area contributed by atoms with Crippen molar-refractivity contribution in [2.75, 3.05) is 0 Å². The fraction of sp³-hybridized carbons (Fsp3) is 0. The summed E-state index contributed by atoms with van der Waals surface area (Å²) in [5, 5.41) is 1.22. The van der Waals surface area contributed by atoms with E-state index in [2.05, 4.69) is 69.9 Å². The van der Waals surface area contributed by atoms with Gasteiger partial charge in [-0.3, -0.25) is 0 Å². The van der Waals surface area contributed by atoms with Gasteiger partial charge in [0.05, 0.1) is 10.4 Å². The lowest BCUT2D eigenvalue weighted by Gasteiger charge is -1.98. The van der Waals surface area contributed by atoms with Gasteiger partial charge in [-0.25, -0.2) is 0 Å². The van der Waals surface area contributed by atoms with Crippen LogP contribution in [0, 0.1) is 0 Å². The number of pyridine rings is 1. The Morgan fingerprint density at radius 3 is 2.29 bits per heavy atom. The Balaban J connectivity index is 1.77. The van der Waals surface area contributed by atoms with Crippen LogP contribution in [0.25, 0.3) is 27.0 Å². The second-order valence-electron chi connectivity index (χ2n) is 4.86. The summed E-state index contributed by atoms with van der Waals surface area (Å²) in [6.45, 7) is 0. The van der Waals surface area contributed by atoms with Gasteiger partial charge < -0.3 is 0 Å². The predicted octanol–water partition coefficient (Wildman–Crippen LogP) is 4.24. The maximum absolute atomic E-state index is 4.60. The molecule has 0 aliphatic heterocycles. The molecule has 0 unspecified atom stereocenters. The van der Waals surface area contributed by atoms with Crippen LogP contribution in [0.5, 0.6) is 0 Å². The number of para-hydroxylation sites is 1. The van der Waals surface area contributed by atoms with Gasteiger partial charge in [0.1, 0.15) is 0 Å². The average molecular weight is 289 g/mol. The minimum absolute atomic E-state index is 1.07. The Morgan fingerprint density at radius 1 is 0.762 bits per heavy atom. The van der Waals surface area contributed by atoms with Gasteiger partial charge in [-0.1, -0.05) is 36.4 Å². The summed E-state index contributed by atoms with van der Waals surface area (Å²) in [5.74, 6) is 0. The summed E-state index contributed by atoms with van der Waals surface area (Å²) >= 11 is 1.55. The lowest BCUT2D eigenvalue weighted by Crippen LogP contribution is -2.28. The molecule has 2 aromatic heterocycles. The highest BCUT2D eigenvalue weighted by molar-refractivity contribution is 7.13. The molecule has 0 N–H and O–H groups in total. The molecule has 0 amide bonds. The smallest absolute Gasteiger partial charge is 0.191 e. The third-order valence-corrected chi connectivity index (χ3v) is 4.36. The number of fused-ring (bicyclic) bond motifs is 1. The van der Waals surface area contributed by atoms with Crippen LogP contribution in [-0.2, 0) is 0 Å². The van der Waals surface area contributed by atoms with E-state index < -0.39 is 0 Å². The van der Waals surface area contributed by atoms with Gasteiger partial charge in [-0.15, -0.1) is 0 Å². The Labute approximate surface area is 127 Å². The van der Waals surface area contributed by atoms with Gasteiger partial charge in [-0.05, 0) is 17.6 Å². The van der Waals surface area contributed by atoms with Crippen LogP contribution >= 0.6 is 11.5 Å². The van der Waals surface area contributed by atoms with E-state index in [4.69, 9.17) is 0 Å². The summed E-state index contributed by atoms with van der Waals surface area (Å²) in [6, 6.07) is 22.9. The van der Waals surface area contributed by atoms with Crippen LogP contribution in [0.2, 0.25) is 0 Å². The summed E-state index contributed by atoms with van der Waals surface area (Å²) in [4.78, 5) is 0. The lowest BCUT2D eigenvalue weighted by molar-refractivity contribution is -0.595. The van der Waals surface area contributed by atoms with Crippen LogP contribution in [0.3, 0.4) is 0 Å². The van der Waals surface area contributed by atoms with E-state index in [-0.39, 0.29) is 0 Å². The first-order valence-electron chi connectivity index (χ1n) is 6.83. The molecule has 2 aromatic carbocycles. The summed E-state index contributed by atoms with van der Waals surface area (Å²) < 4.78 is 7.94. The van der Waals surface area contributed by atoms with Crippen LogP contribution in [0.15, 0.2) is 79.1 Å². The van der Waals surface area contributed by atoms with Crippen molar-refractivity contribution < 1.29 is 4.57 Å². The van der Waals surface area contributed by atoms with Gasteiger partial charge >= 0.3 is 0 Å². The summed E-state index contributed by atoms with van der Waals surface area (Å²) in [5.41, 5.74) is 3.38. The van der Waals surface area contributed by atoms with Crippen molar-refractivity contribution in [1.29, 1.82) is 0 Å². The molecule has 0 aliphatic rings. The molecule has 2 heterocycles. The first-order chi connectivity index (χ1) is 10.4. The van der Waals surface area contributed by atoms with Crippen molar-refractivity contribution >= 4 is 21.6 Å². The number of nitrogens with zero attached hydrogens (tertiary/aromatic N) is 2. The SMILES string of the molecule is c1ccc(-[n+]2ccc(-c3nsc4ccccc34)cc2)cc1. The third-order valence-electron chi connectivity index (χ3n) is 3.53. The van der Waals surface area contributed by atoms with Crippen molar-refractivity contribution in [2.45, 2.75) is 0 Å². The molecule has 4 rings (SSSR count). The lowest BCUT2D eigenvalue weighted by atomic mass is 10.1. The molecule has 2 nitrogen and oxygen atoms in total. The van der Waals surface area contributed by atoms with E-state index in [1.165, 1.54) is 10.1 Å². The van der Waals surface area contributed by atoms with E-state index >= 15 is 0 Å². The molecule has 0 fully saturated rings. The molecular weight excluding hydrogens is 276 g/mol. The van der Waals surface area contributed by atoms with E-state index in [1.807, 2.05) is 18.2 Å². The molecule has 4 aromatic rings. The van der Waals surface area contributed by atoms with Crippen molar-refractivity contribution in [2.24, 2.45) is 0 Å². The molecule has 0 saturated carbocycles. The normalized spacial score (nSPS) is 10.9. The highest BCUT2D eigenvalue weighted by Crippen LogP contribution is 2.29. The van der Waals surface area contributed by atoms with Crippen LogP contribution in [0.1, 0.15) is 0 Å². The Kier molecular flexibility index (Phi) is 2.98. The van der Waals surface area contributed by atoms with Crippen molar-refractivity contribution in [3.05, 3.63) is 79.1 Å². The van der Waals surface area contributed by atoms with Crippen molar-refractivity contribution in [3.8, 4) is 16.9 Å². The molecule has 0 aliphatic carbocycles. The fourth-order valence-corrected chi connectivity index (χ4v) is 3.25. The maximum Gasteiger partial charge on any atom is 0.210 e. The Hall–Kier alpha value is -2.52. The van der Waals surface area contributed by atoms with Crippen LogP contribution in [0.4, 0.5) is 0 Å². The largest absolute Gasteiger partial charge is 0.210 e. The molecule has 0 bridgehead atoms. The van der Waals surface area contributed by atoms with Crippen molar-refractivity contribution in [1.82, 2.24) is 4.37 Å². The summed E-state index contributed by atoms with van der Waals surface area (Å²) in [7, 11) is 0. The Morgan fingerprint density at radius 2 is 1.48 bits per heavy atom. The monoisotopic (exact) mass is 289 g/mol. The molecule has 0 spiro atoms. The molecule has 0 saturated heterocycles. The molecule has 0 atom stereocenters. The number of benzene rings is 2. The molecular formula is C18H13N2S+. The molecule has 100 valence electrons. The van der Waals surface area contributed by atoms with Crippen molar-refractivity contribution in [3.63, 3.8) is 0 Å². The highest BCUT2D eigenvalue weighted by Gasteiger charge is 2.10. The van der Waals surface area contributed by atoms with Crippen LogP contribution < -0.4 is 4.57 Å². The van der Waals surface area contributed by atoms with E-state index in [1.54, 1.807) is 11.5 Å². The summed E-state index contributed by atoms with van der Waals surface area (Å²) in [6.07, 6.45) is 4.16. The second kappa shape index (κ2) is 5.11. The zero-order valence-corrected chi connectivity index (χ0v) is 12.1. The van der Waals surface area contributed by atoms with Gasteiger partial charge in [0, 0.05) is 35.2 Å². The number of rotatable bonds is 2. The number of aromatic nitrogens is 2. The zero-order chi connectivity index (χ0) is 14.1. The van der Waals surface area contributed by atoms with E-state index in [0.29, 0.717) is 0 Å². The van der Waals surface area contributed by atoms with Gasteiger partial charge in [0.15, 0.2) is 12.4 Å². The standard InChI is InChI=1S/C18H13N2S/c1-2-6-15(7-3-1)20-12-10-14(11-13-20)18-16-8-4-5-9-17(16)21-19-18/h1-13H/q+1. The molecule has 0 radical (unpaired) electrons. The molecule has 21 heavy (non-hydrogen) atoms. The Bertz CT molecular complexity index is 880. The highest BCUT2D eigenvalue weighted by atomic mass is 32.1.